The predicted octanol–water partition coefficient (Wildman–Crippen LogP) is 3.60. The summed E-state index contributed by atoms with van der Waals surface area (Å²) in [6.07, 6.45) is 0. The normalized spacial score (nSPS) is 10.2. The number of ketones is 1. The number of thiophene rings is 1. The molecule has 0 saturated heterocycles. The van der Waals surface area contributed by atoms with Crippen molar-refractivity contribution in [1.29, 1.82) is 0 Å². The van der Waals surface area contributed by atoms with E-state index in [9.17, 15) is 4.79 Å². The highest BCUT2D eigenvalue weighted by Gasteiger charge is 2.16. The molecule has 1 heterocycles. The van der Waals surface area contributed by atoms with Crippen molar-refractivity contribution in [2.45, 2.75) is 0 Å². The van der Waals surface area contributed by atoms with Gasteiger partial charge in [0.2, 0.25) is 0 Å². The summed E-state index contributed by atoms with van der Waals surface area (Å²) in [5.41, 5.74) is 1.24. The first-order valence-electron chi connectivity index (χ1n) is 5.16. The number of benzene rings is 1. The lowest BCUT2D eigenvalue weighted by atomic mass is 10.0. The molecule has 0 radical (unpaired) electrons. The Morgan fingerprint density at radius 3 is 2.56 bits per heavy atom. The second-order valence-electron chi connectivity index (χ2n) is 3.53. The third kappa shape index (κ3) is 2.67. The molecule has 0 aliphatic rings. The van der Waals surface area contributed by atoms with Gasteiger partial charge in [0.15, 0.2) is 5.78 Å². The van der Waals surface area contributed by atoms with E-state index in [1.807, 2.05) is 11.4 Å². The van der Waals surface area contributed by atoms with Crippen molar-refractivity contribution in [3.05, 3.63) is 43.7 Å². The Labute approximate surface area is 123 Å². The van der Waals surface area contributed by atoms with Gasteiger partial charge in [-0.25, -0.2) is 0 Å². The fraction of sp³-hybridized carbons (Fsp3) is 0.154. The van der Waals surface area contributed by atoms with Crippen molar-refractivity contribution >= 4 is 39.7 Å². The van der Waals surface area contributed by atoms with Crippen LogP contribution in [0.4, 0.5) is 0 Å². The second kappa shape index (κ2) is 5.71. The number of rotatable bonds is 4. The van der Waals surface area contributed by atoms with E-state index >= 15 is 0 Å². The first-order valence-corrected chi connectivity index (χ1v) is 7.12. The average molecular weight is 374 g/mol. The van der Waals surface area contributed by atoms with E-state index in [1.165, 1.54) is 0 Å². The highest BCUT2D eigenvalue weighted by atomic mass is 127. The molecule has 0 unspecified atom stereocenters. The molecule has 3 nitrogen and oxygen atoms in total. The van der Waals surface area contributed by atoms with E-state index in [1.54, 1.807) is 43.8 Å². The zero-order valence-corrected chi connectivity index (χ0v) is 12.9. The van der Waals surface area contributed by atoms with Crippen LogP contribution in [0.2, 0.25) is 0 Å². The molecule has 1 aromatic heterocycles. The summed E-state index contributed by atoms with van der Waals surface area (Å²) in [5, 5.41) is 1.85. The molecule has 0 aliphatic carbocycles. The smallest absolute Gasteiger partial charge is 0.197 e. The third-order valence-electron chi connectivity index (χ3n) is 2.48. The Kier molecular flexibility index (Phi) is 4.23. The third-order valence-corrected chi connectivity index (χ3v) is 4.27. The zero-order valence-electron chi connectivity index (χ0n) is 9.90. The molecule has 0 aliphatic heterocycles. The Morgan fingerprint density at radius 2 is 2.00 bits per heavy atom. The van der Waals surface area contributed by atoms with Gasteiger partial charge in [0, 0.05) is 17.0 Å². The molecular formula is C13H11IO3S. The standard InChI is InChI=1S/C13H11IO3S/c1-16-9-3-4-10(11(6-9)17-2)13(15)8-5-12(14)18-7-8/h3-7H,1-2H3. The largest absolute Gasteiger partial charge is 0.497 e. The Hall–Kier alpha value is -1.08. The Balaban J connectivity index is 2.41. The van der Waals surface area contributed by atoms with Crippen LogP contribution in [0.5, 0.6) is 11.5 Å². The van der Waals surface area contributed by atoms with Gasteiger partial charge < -0.3 is 9.47 Å². The Bertz CT molecular complexity index is 577. The van der Waals surface area contributed by atoms with Gasteiger partial charge in [-0.1, -0.05) is 0 Å². The molecule has 0 N–H and O–H groups in total. The van der Waals surface area contributed by atoms with Crippen LogP contribution in [0.3, 0.4) is 0 Å². The van der Waals surface area contributed by atoms with Gasteiger partial charge in [-0.15, -0.1) is 11.3 Å². The summed E-state index contributed by atoms with van der Waals surface area (Å²) in [4.78, 5) is 12.3. The summed E-state index contributed by atoms with van der Waals surface area (Å²) >= 11 is 3.75. The molecule has 2 rings (SSSR count). The first-order chi connectivity index (χ1) is 8.65. The lowest BCUT2D eigenvalue weighted by Gasteiger charge is -2.08. The highest BCUT2D eigenvalue weighted by Crippen LogP contribution is 2.28. The van der Waals surface area contributed by atoms with Gasteiger partial charge in [0.25, 0.3) is 0 Å². The van der Waals surface area contributed by atoms with Gasteiger partial charge in [-0.05, 0) is 40.8 Å². The monoisotopic (exact) mass is 374 g/mol. The van der Waals surface area contributed by atoms with Crippen LogP contribution in [-0.4, -0.2) is 20.0 Å². The van der Waals surface area contributed by atoms with Crippen molar-refractivity contribution in [3.63, 3.8) is 0 Å². The van der Waals surface area contributed by atoms with Crippen LogP contribution in [0, 0.1) is 2.88 Å². The lowest BCUT2D eigenvalue weighted by Crippen LogP contribution is -2.03. The number of methoxy groups -OCH3 is 2. The maximum Gasteiger partial charge on any atom is 0.197 e. The van der Waals surface area contributed by atoms with Gasteiger partial charge in [-0.2, -0.15) is 0 Å². The van der Waals surface area contributed by atoms with Crippen LogP contribution in [-0.2, 0) is 0 Å². The van der Waals surface area contributed by atoms with Crippen LogP contribution < -0.4 is 9.47 Å². The fourth-order valence-electron chi connectivity index (χ4n) is 1.57. The maximum atomic E-state index is 12.3. The van der Waals surface area contributed by atoms with E-state index in [0.29, 0.717) is 22.6 Å². The van der Waals surface area contributed by atoms with Gasteiger partial charge in [0.05, 0.1) is 22.7 Å². The van der Waals surface area contributed by atoms with E-state index < -0.39 is 0 Å². The first kappa shape index (κ1) is 13.4. The molecule has 1 aromatic carbocycles. The van der Waals surface area contributed by atoms with E-state index in [4.69, 9.17) is 9.47 Å². The quantitative estimate of drug-likeness (QED) is 0.606. The molecular weight excluding hydrogens is 363 g/mol. The molecule has 0 amide bonds. The van der Waals surface area contributed by atoms with Crippen molar-refractivity contribution in [2.75, 3.05) is 14.2 Å². The van der Waals surface area contributed by atoms with E-state index in [0.717, 1.165) is 2.88 Å². The number of halogens is 1. The fourth-order valence-corrected chi connectivity index (χ4v) is 2.90. The number of hydrogen-bond acceptors (Lipinski definition) is 4. The van der Waals surface area contributed by atoms with Gasteiger partial charge >= 0.3 is 0 Å². The molecule has 18 heavy (non-hydrogen) atoms. The minimum atomic E-state index is -0.0336. The zero-order chi connectivity index (χ0) is 13.1. The highest BCUT2D eigenvalue weighted by molar-refractivity contribution is 14.1. The van der Waals surface area contributed by atoms with Crippen LogP contribution in [0.1, 0.15) is 15.9 Å². The molecule has 0 spiro atoms. The average Bonchev–Trinajstić information content (AvgIpc) is 2.83. The maximum absolute atomic E-state index is 12.3. The Morgan fingerprint density at radius 1 is 1.22 bits per heavy atom. The molecule has 0 saturated carbocycles. The molecule has 94 valence electrons. The number of carbonyl (C=O) groups excluding carboxylic acids is 1. The number of carbonyl (C=O) groups is 1. The summed E-state index contributed by atoms with van der Waals surface area (Å²) in [7, 11) is 3.13. The second-order valence-corrected chi connectivity index (χ2v) is 6.34. The van der Waals surface area contributed by atoms with Gasteiger partial charge in [0.1, 0.15) is 11.5 Å². The number of hydrogen-bond donors (Lipinski definition) is 0. The summed E-state index contributed by atoms with van der Waals surface area (Å²) < 4.78 is 11.4. The van der Waals surface area contributed by atoms with Crippen LogP contribution in [0.25, 0.3) is 0 Å². The van der Waals surface area contributed by atoms with Crippen molar-refractivity contribution in [1.82, 2.24) is 0 Å². The molecule has 5 heteroatoms. The van der Waals surface area contributed by atoms with Crippen molar-refractivity contribution in [2.24, 2.45) is 0 Å². The van der Waals surface area contributed by atoms with Crippen LogP contribution >= 0.6 is 33.9 Å². The summed E-state index contributed by atoms with van der Waals surface area (Å²) in [5.74, 6) is 1.16. The number of ether oxygens (including phenoxy) is 2. The minimum absolute atomic E-state index is 0.0336. The van der Waals surface area contributed by atoms with Crippen molar-refractivity contribution in [3.8, 4) is 11.5 Å². The minimum Gasteiger partial charge on any atom is -0.497 e. The SMILES string of the molecule is COc1ccc(C(=O)c2csc(I)c2)c(OC)c1. The molecule has 2 aromatic rings. The van der Waals surface area contributed by atoms with Crippen LogP contribution in [0.15, 0.2) is 29.6 Å². The van der Waals surface area contributed by atoms with E-state index in [2.05, 4.69) is 22.6 Å². The lowest BCUT2D eigenvalue weighted by molar-refractivity contribution is 0.103. The molecule has 0 atom stereocenters. The molecule has 0 bridgehead atoms. The van der Waals surface area contributed by atoms with E-state index in [-0.39, 0.29) is 5.78 Å². The predicted molar refractivity (Wildman–Crippen MR) is 80.0 cm³/mol. The van der Waals surface area contributed by atoms with Crippen molar-refractivity contribution < 1.29 is 14.3 Å². The topological polar surface area (TPSA) is 35.5 Å². The van der Waals surface area contributed by atoms with Gasteiger partial charge in [-0.3, -0.25) is 4.79 Å². The summed E-state index contributed by atoms with van der Waals surface area (Å²) in [6.45, 7) is 0. The summed E-state index contributed by atoms with van der Waals surface area (Å²) in [6, 6.07) is 7.07. The molecule has 0 fully saturated rings.